The molecule has 2 aromatic heterocycles. The van der Waals surface area contributed by atoms with Crippen molar-refractivity contribution in [2.45, 2.75) is 51.3 Å². The van der Waals surface area contributed by atoms with Crippen molar-refractivity contribution in [2.75, 3.05) is 13.1 Å². The monoisotopic (exact) mass is 444 g/mol. The third kappa shape index (κ3) is 3.69. The molecule has 0 bridgehead atoms. The molecular formula is C23H23F3N4O2. The number of amides is 1. The summed E-state index contributed by atoms with van der Waals surface area (Å²) in [7, 11) is 0. The van der Waals surface area contributed by atoms with Gasteiger partial charge in [0.05, 0.1) is 5.69 Å². The molecule has 168 valence electrons. The van der Waals surface area contributed by atoms with Crippen LogP contribution in [0.4, 0.5) is 13.2 Å². The fraction of sp³-hybridized carbons (Fsp3) is 0.435. The highest BCUT2D eigenvalue weighted by Crippen LogP contribution is 2.33. The van der Waals surface area contributed by atoms with Crippen molar-refractivity contribution in [1.82, 2.24) is 19.5 Å². The quantitative estimate of drug-likeness (QED) is 0.588. The van der Waals surface area contributed by atoms with E-state index in [1.807, 2.05) is 19.1 Å². The summed E-state index contributed by atoms with van der Waals surface area (Å²) in [4.78, 5) is 19.1. The number of alkyl halides is 3. The van der Waals surface area contributed by atoms with Crippen LogP contribution >= 0.6 is 0 Å². The molecule has 1 aromatic carbocycles. The predicted molar refractivity (Wildman–Crippen MR) is 111 cm³/mol. The molecule has 0 spiro atoms. The van der Waals surface area contributed by atoms with E-state index in [1.54, 1.807) is 17.0 Å². The molecule has 1 fully saturated rings. The minimum Gasteiger partial charge on any atom is -0.490 e. The third-order valence-electron chi connectivity index (χ3n) is 6.13. The molecule has 1 saturated heterocycles. The summed E-state index contributed by atoms with van der Waals surface area (Å²) in [6.07, 6.45) is -2.15. The second kappa shape index (κ2) is 7.50. The molecule has 32 heavy (non-hydrogen) atoms. The smallest absolute Gasteiger partial charge is 0.433 e. The molecular weight excluding hydrogens is 421 g/mol. The number of rotatable bonds is 2. The van der Waals surface area contributed by atoms with Gasteiger partial charge in [-0.05, 0) is 56.5 Å². The zero-order valence-electron chi connectivity index (χ0n) is 17.8. The number of benzene rings is 1. The van der Waals surface area contributed by atoms with Crippen molar-refractivity contribution in [1.29, 1.82) is 0 Å². The van der Waals surface area contributed by atoms with Crippen LogP contribution in [0.1, 0.15) is 58.7 Å². The van der Waals surface area contributed by atoms with Gasteiger partial charge in [-0.1, -0.05) is 0 Å². The molecule has 2 aliphatic heterocycles. The lowest BCUT2D eigenvalue weighted by atomic mass is 9.94. The lowest BCUT2D eigenvalue weighted by molar-refractivity contribution is -0.142. The molecule has 0 radical (unpaired) electrons. The first-order valence-corrected chi connectivity index (χ1v) is 10.7. The number of halogens is 3. The van der Waals surface area contributed by atoms with Gasteiger partial charge in [0.1, 0.15) is 17.5 Å². The minimum absolute atomic E-state index is 0.0780. The highest BCUT2D eigenvalue weighted by molar-refractivity contribution is 5.94. The van der Waals surface area contributed by atoms with Gasteiger partial charge in [-0.15, -0.1) is 0 Å². The van der Waals surface area contributed by atoms with E-state index in [-0.39, 0.29) is 29.3 Å². The summed E-state index contributed by atoms with van der Waals surface area (Å²) in [5.41, 5.74) is 1.77. The molecule has 0 aliphatic carbocycles. The van der Waals surface area contributed by atoms with Gasteiger partial charge < -0.3 is 9.64 Å². The number of nitrogens with zero attached hydrogens (tertiary/aromatic N) is 4. The maximum Gasteiger partial charge on any atom is 0.433 e. The Morgan fingerprint density at radius 2 is 2.03 bits per heavy atom. The third-order valence-corrected chi connectivity index (χ3v) is 6.13. The zero-order valence-corrected chi connectivity index (χ0v) is 17.8. The first-order valence-electron chi connectivity index (χ1n) is 10.7. The maximum atomic E-state index is 13.5. The normalized spacial score (nSPS) is 21.0. The molecule has 2 atom stereocenters. The predicted octanol–water partition coefficient (Wildman–Crippen LogP) is 4.40. The second-order valence-electron chi connectivity index (χ2n) is 8.67. The highest BCUT2D eigenvalue weighted by Gasteiger charge is 2.36. The minimum atomic E-state index is -4.53. The van der Waals surface area contributed by atoms with Crippen molar-refractivity contribution in [2.24, 2.45) is 0 Å². The van der Waals surface area contributed by atoms with Crippen LogP contribution in [0, 0.1) is 6.92 Å². The van der Waals surface area contributed by atoms with E-state index in [4.69, 9.17) is 4.74 Å². The number of ether oxygens (including phenoxy) is 1. The topological polar surface area (TPSA) is 59.7 Å². The van der Waals surface area contributed by atoms with Crippen molar-refractivity contribution >= 4 is 11.6 Å². The summed E-state index contributed by atoms with van der Waals surface area (Å²) < 4.78 is 47.0. The first-order chi connectivity index (χ1) is 15.2. The average Bonchev–Trinajstić information content (AvgIpc) is 3.33. The summed E-state index contributed by atoms with van der Waals surface area (Å²) in [6.45, 7) is 4.54. The first kappa shape index (κ1) is 20.8. The van der Waals surface area contributed by atoms with Crippen molar-refractivity contribution in [3.05, 3.63) is 58.5 Å². The lowest BCUT2D eigenvalue weighted by Gasteiger charge is -2.32. The number of piperidine rings is 1. The van der Waals surface area contributed by atoms with E-state index in [0.29, 0.717) is 24.3 Å². The molecule has 9 heteroatoms. The molecule has 6 nitrogen and oxygen atoms in total. The Bertz CT molecular complexity index is 1200. The second-order valence-corrected chi connectivity index (χ2v) is 8.67. The Morgan fingerprint density at radius 1 is 1.22 bits per heavy atom. The standard InChI is InChI=1S/C23H23F3N4O2/c1-13-8-20(23(24,25)26)30-21(27-13)11-18(28-30)16-4-3-7-29(12-16)22(31)15-5-6-19-17(10-15)9-14(2)32-19/h5-6,8,10-11,14,16H,3-4,7,9,12H2,1-2H3/t14-,16+/m1/s1. The van der Waals surface area contributed by atoms with Gasteiger partial charge in [-0.3, -0.25) is 4.79 Å². The maximum absolute atomic E-state index is 13.5. The van der Waals surface area contributed by atoms with Gasteiger partial charge in [0, 0.05) is 42.8 Å². The zero-order chi connectivity index (χ0) is 22.6. The number of aromatic nitrogens is 3. The summed E-state index contributed by atoms with van der Waals surface area (Å²) in [5.74, 6) is 0.595. The Labute approximate surface area is 183 Å². The number of hydrogen-bond acceptors (Lipinski definition) is 4. The van der Waals surface area contributed by atoms with Crippen LogP contribution in [0.25, 0.3) is 5.65 Å². The van der Waals surface area contributed by atoms with Crippen LogP contribution in [-0.4, -0.2) is 44.6 Å². The molecule has 2 aliphatic rings. The number of aryl methyl sites for hydroxylation is 1. The Morgan fingerprint density at radius 3 is 2.81 bits per heavy atom. The Hall–Kier alpha value is -3.10. The molecule has 1 amide bonds. The van der Waals surface area contributed by atoms with Crippen LogP contribution in [0.2, 0.25) is 0 Å². The van der Waals surface area contributed by atoms with E-state index in [2.05, 4.69) is 10.1 Å². The largest absolute Gasteiger partial charge is 0.490 e. The molecule has 5 rings (SSSR count). The van der Waals surface area contributed by atoms with Crippen LogP contribution in [0.5, 0.6) is 5.75 Å². The molecule has 0 N–H and O–H groups in total. The van der Waals surface area contributed by atoms with E-state index in [0.717, 1.165) is 41.2 Å². The molecule has 3 aromatic rings. The van der Waals surface area contributed by atoms with Crippen molar-refractivity contribution < 1.29 is 22.7 Å². The van der Waals surface area contributed by atoms with Gasteiger partial charge in [0.15, 0.2) is 5.65 Å². The van der Waals surface area contributed by atoms with E-state index in [1.165, 1.54) is 6.92 Å². The van der Waals surface area contributed by atoms with Gasteiger partial charge >= 0.3 is 6.18 Å². The number of carbonyl (C=O) groups is 1. The Balaban J connectivity index is 1.40. The van der Waals surface area contributed by atoms with Crippen molar-refractivity contribution in [3.8, 4) is 5.75 Å². The van der Waals surface area contributed by atoms with E-state index >= 15 is 0 Å². The summed E-state index contributed by atoms with van der Waals surface area (Å²) in [6, 6.07) is 8.10. The average molecular weight is 444 g/mol. The van der Waals surface area contributed by atoms with Crippen LogP contribution in [0.15, 0.2) is 30.3 Å². The molecule has 4 heterocycles. The number of carbonyl (C=O) groups excluding carboxylic acids is 1. The fourth-order valence-electron chi connectivity index (χ4n) is 4.66. The number of fused-ring (bicyclic) bond motifs is 2. The summed E-state index contributed by atoms with van der Waals surface area (Å²) in [5, 5.41) is 4.25. The van der Waals surface area contributed by atoms with Crippen LogP contribution in [0.3, 0.4) is 0 Å². The highest BCUT2D eigenvalue weighted by atomic mass is 19.4. The van der Waals surface area contributed by atoms with Crippen LogP contribution in [-0.2, 0) is 12.6 Å². The molecule has 0 unspecified atom stereocenters. The Kier molecular flexibility index (Phi) is 4.87. The lowest BCUT2D eigenvalue weighted by Crippen LogP contribution is -2.39. The SMILES string of the molecule is Cc1cc(C(F)(F)F)n2nc([C@H]3CCCN(C(=O)c4ccc5c(c4)C[C@@H](C)O5)C3)cc2n1. The van der Waals surface area contributed by atoms with Gasteiger partial charge in [0.25, 0.3) is 5.91 Å². The van der Waals surface area contributed by atoms with Crippen molar-refractivity contribution in [3.63, 3.8) is 0 Å². The fourth-order valence-corrected chi connectivity index (χ4v) is 4.66. The van der Waals surface area contributed by atoms with Crippen LogP contribution < -0.4 is 4.74 Å². The summed E-state index contributed by atoms with van der Waals surface area (Å²) >= 11 is 0. The van der Waals surface area contributed by atoms with E-state index in [9.17, 15) is 18.0 Å². The number of hydrogen-bond donors (Lipinski definition) is 0. The van der Waals surface area contributed by atoms with E-state index < -0.39 is 11.9 Å². The number of likely N-dealkylation sites (tertiary alicyclic amines) is 1. The van der Waals surface area contributed by atoms with Gasteiger partial charge in [-0.2, -0.15) is 18.3 Å². The van der Waals surface area contributed by atoms with Gasteiger partial charge in [0.2, 0.25) is 0 Å². The molecule has 0 saturated carbocycles. The van der Waals surface area contributed by atoms with Gasteiger partial charge in [-0.25, -0.2) is 9.50 Å².